The molecule has 2 aromatic heterocycles. The molecule has 0 saturated heterocycles. The summed E-state index contributed by atoms with van der Waals surface area (Å²) in [6.45, 7) is 2.10. The summed E-state index contributed by atoms with van der Waals surface area (Å²) in [6, 6.07) is 13.3. The Morgan fingerprint density at radius 3 is 2.67 bits per heavy atom. The van der Waals surface area contributed by atoms with Crippen molar-refractivity contribution < 1.29 is 0 Å². The van der Waals surface area contributed by atoms with Crippen molar-refractivity contribution in [2.24, 2.45) is 0 Å². The lowest BCUT2D eigenvalue weighted by molar-refractivity contribution is 0.739. The number of H-pyrrole nitrogens is 1. The number of hydrogen-bond acceptors (Lipinski definition) is 5. The second-order valence-corrected chi connectivity index (χ2v) is 8.45. The van der Waals surface area contributed by atoms with Crippen molar-refractivity contribution in [3.8, 4) is 5.69 Å². The summed E-state index contributed by atoms with van der Waals surface area (Å²) in [5, 5.41) is 1.17. The Balaban J connectivity index is 1.68. The molecule has 5 rings (SSSR count). The molecule has 4 aromatic rings. The number of rotatable bonds is 2. The van der Waals surface area contributed by atoms with Crippen molar-refractivity contribution in [2.75, 3.05) is 4.90 Å². The Morgan fingerprint density at radius 2 is 1.90 bits per heavy atom. The van der Waals surface area contributed by atoms with Gasteiger partial charge in [-0.25, -0.2) is 4.98 Å². The van der Waals surface area contributed by atoms with Crippen molar-refractivity contribution >= 4 is 58.1 Å². The minimum absolute atomic E-state index is 0.160. The van der Waals surface area contributed by atoms with E-state index in [0.29, 0.717) is 27.3 Å². The standard InChI is InChI=1S/C21H15Cl2N5OS/c1-11-6-12-4-2-3-5-16(12)28(11)21-25-18-17(19(29)26-21)20(30)27(10-24-18)15-8-13(22)7-14(23)9-15/h2-5,7-11H,6H2,1H3,(H,25,26,29). The number of hydrogen-bond donors (Lipinski definition) is 1. The summed E-state index contributed by atoms with van der Waals surface area (Å²) >= 11 is 17.8. The first kappa shape index (κ1) is 19.2. The third kappa shape index (κ3) is 3.10. The third-order valence-electron chi connectivity index (χ3n) is 5.18. The molecule has 0 fully saturated rings. The number of halogens is 2. The van der Waals surface area contributed by atoms with Crippen LogP contribution in [-0.4, -0.2) is 25.6 Å². The number of aromatic nitrogens is 4. The van der Waals surface area contributed by atoms with Gasteiger partial charge in [-0.3, -0.25) is 14.3 Å². The van der Waals surface area contributed by atoms with Gasteiger partial charge < -0.3 is 4.90 Å². The van der Waals surface area contributed by atoms with Crippen LogP contribution in [0.5, 0.6) is 0 Å². The van der Waals surface area contributed by atoms with Gasteiger partial charge in [0.15, 0.2) is 5.65 Å². The maximum Gasteiger partial charge on any atom is 0.264 e. The molecule has 30 heavy (non-hydrogen) atoms. The van der Waals surface area contributed by atoms with E-state index in [-0.39, 0.29) is 21.6 Å². The largest absolute Gasteiger partial charge is 0.309 e. The lowest BCUT2D eigenvalue weighted by atomic mass is 10.1. The summed E-state index contributed by atoms with van der Waals surface area (Å²) in [6.07, 6.45) is 2.41. The second kappa shape index (κ2) is 7.19. The topological polar surface area (TPSA) is 66.8 Å². The van der Waals surface area contributed by atoms with Gasteiger partial charge in [-0.2, -0.15) is 4.98 Å². The highest BCUT2D eigenvalue weighted by atomic mass is 35.5. The Kier molecular flexibility index (Phi) is 4.61. The van der Waals surface area contributed by atoms with Crippen LogP contribution < -0.4 is 10.5 Å². The molecule has 0 saturated carbocycles. The summed E-state index contributed by atoms with van der Waals surface area (Å²) < 4.78 is 1.88. The minimum atomic E-state index is -0.341. The molecule has 0 amide bonds. The molecule has 1 atom stereocenters. The molecule has 3 heterocycles. The Bertz CT molecular complexity index is 1410. The van der Waals surface area contributed by atoms with Crippen LogP contribution in [0.1, 0.15) is 12.5 Å². The van der Waals surface area contributed by atoms with Gasteiger partial charge in [0.05, 0.1) is 5.69 Å². The van der Waals surface area contributed by atoms with E-state index in [1.165, 1.54) is 11.9 Å². The van der Waals surface area contributed by atoms with Crippen LogP contribution >= 0.6 is 35.4 Å². The SMILES string of the molecule is CC1Cc2ccccc2N1c1nc2ncn(-c3cc(Cl)cc(Cl)c3)c(=S)c2c(=O)[nH]1. The maximum absolute atomic E-state index is 13.0. The van der Waals surface area contributed by atoms with Crippen molar-refractivity contribution in [3.63, 3.8) is 0 Å². The van der Waals surface area contributed by atoms with Gasteiger partial charge in [0.2, 0.25) is 5.95 Å². The fraction of sp³-hybridized carbons (Fsp3) is 0.143. The van der Waals surface area contributed by atoms with E-state index in [0.717, 1.165) is 12.1 Å². The molecule has 9 heteroatoms. The predicted octanol–water partition coefficient (Wildman–Crippen LogP) is 5.23. The number of nitrogens with one attached hydrogen (secondary N) is 1. The van der Waals surface area contributed by atoms with Gasteiger partial charge in [-0.1, -0.05) is 53.6 Å². The van der Waals surface area contributed by atoms with E-state index >= 15 is 0 Å². The number of benzene rings is 2. The molecule has 6 nitrogen and oxygen atoms in total. The zero-order valence-electron chi connectivity index (χ0n) is 15.8. The number of fused-ring (bicyclic) bond motifs is 2. The summed E-state index contributed by atoms with van der Waals surface area (Å²) in [5.74, 6) is 0.454. The van der Waals surface area contributed by atoms with Crippen LogP contribution in [0.4, 0.5) is 11.6 Å². The van der Waals surface area contributed by atoms with Crippen LogP contribution in [-0.2, 0) is 6.42 Å². The predicted molar refractivity (Wildman–Crippen MR) is 122 cm³/mol. The van der Waals surface area contributed by atoms with Crippen LogP contribution in [0, 0.1) is 4.64 Å². The Morgan fingerprint density at radius 1 is 1.17 bits per heavy atom. The molecule has 1 N–H and O–H groups in total. The van der Waals surface area contributed by atoms with Crippen molar-refractivity contribution in [2.45, 2.75) is 19.4 Å². The van der Waals surface area contributed by atoms with Gasteiger partial charge in [0, 0.05) is 21.8 Å². The molecule has 1 unspecified atom stereocenters. The van der Waals surface area contributed by atoms with Gasteiger partial charge >= 0.3 is 0 Å². The summed E-state index contributed by atoms with van der Waals surface area (Å²) in [4.78, 5) is 27.0. The van der Waals surface area contributed by atoms with E-state index in [1.807, 2.05) is 23.1 Å². The monoisotopic (exact) mass is 455 g/mol. The van der Waals surface area contributed by atoms with Crippen LogP contribution in [0.25, 0.3) is 16.7 Å². The molecule has 0 spiro atoms. The van der Waals surface area contributed by atoms with Crippen LogP contribution in [0.15, 0.2) is 53.6 Å². The van der Waals surface area contributed by atoms with Crippen LogP contribution in [0.2, 0.25) is 10.0 Å². The summed E-state index contributed by atoms with van der Waals surface area (Å²) in [7, 11) is 0. The third-order valence-corrected chi connectivity index (χ3v) is 6.01. The quantitative estimate of drug-likeness (QED) is 0.419. The Hall–Kier alpha value is -2.74. The highest BCUT2D eigenvalue weighted by molar-refractivity contribution is 7.71. The molecule has 1 aliphatic rings. The molecular weight excluding hydrogens is 441 g/mol. The summed E-state index contributed by atoms with van der Waals surface area (Å²) in [5.41, 5.74) is 2.82. The fourth-order valence-electron chi connectivity index (χ4n) is 3.89. The molecule has 150 valence electrons. The van der Waals surface area contributed by atoms with E-state index in [4.69, 9.17) is 35.4 Å². The zero-order chi connectivity index (χ0) is 21.0. The van der Waals surface area contributed by atoms with E-state index < -0.39 is 0 Å². The van der Waals surface area contributed by atoms with E-state index in [9.17, 15) is 4.79 Å². The number of aromatic amines is 1. The van der Waals surface area contributed by atoms with Crippen molar-refractivity contribution in [1.29, 1.82) is 0 Å². The lowest BCUT2D eigenvalue weighted by Gasteiger charge is -2.23. The second-order valence-electron chi connectivity index (χ2n) is 7.19. The van der Waals surface area contributed by atoms with E-state index in [2.05, 4.69) is 27.9 Å². The fourth-order valence-corrected chi connectivity index (χ4v) is 4.74. The maximum atomic E-state index is 13.0. The average Bonchev–Trinajstić information content (AvgIpc) is 3.02. The number of para-hydroxylation sites is 1. The molecule has 0 bridgehead atoms. The molecule has 2 aromatic carbocycles. The highest BCUT2D eigenvalue weighted by Gasteiger charge is 2.29. The molecule has 0 radical (unpaired) electrons. The molecular formula is C21H15Cl2N5OS. The Labute approximate surface area is 186 Å². The average molecular weight is 456 g/mol. The van der Waals surface area contributed by atoms with Crippen LogP contribution in [0.3, 0.4) is 0 Å². The van der Waals surface area contributed by atoms with Gasteiger partial charge in [-0.15, -0.1) is 0 Å². The first-order chi connectivity index (χ1) is 14.4. The first-order valence-electron chi connectivity index (χ1n) is 9.27. The zero-order valence-corrected chi connectivity index (χ0v) is 18.1. The highest BCUT2D eigenvalue weighted by Crippen LogP contribution is 2.36. The normalized spacial score (nSPS) is 15.6. The van der Waals surface area contributed by atoms with Crippen molar-refractivity contribution in [3.05, 3.63) is 79.4 Å². The van der Waals surface area contributed by atoms with E-state index in [1.54, 1.807) is 22.8 Å². The van der Waals surface area contributed by atoms with Gasteiger partial charge in [0.1, 0.15) is 16.4 Å². The smallest absolute Gasteiger partial charge is 0.264 e. The first-order valence-corrected chi connectivity index (χ1v) is 10.4. The van der Waals surface area contributed by atoms with Gasteiger partial charge in [0.25, 0.3) is 5.56 Å². The molecule has 0 aliphatic carbocycles. The number of anilines is 2. The molecule has 1 aliphatic heterocycles. The number of nitrogens with zero attached hydrogens (tertiary/aromatic N) is 4. The van der Waals surface area contributed by atoms with Crippen molar-refractivity contribution in [1.82, 2.24) is 19.5 Å². The minimum Gasteiger partial charge on any atom is -0.309 e. The van der Waals surface area contributed by atoms with Gasteiger partial charge in [-0.05, 0) is 43.2 Å². The lowest BCUT2D eigenvalue weighted by Crippen LogP contribution is -2.28.